The first-order valence-electron chi connectivity index (χ1n) is 3.98. The number of H-pyrrole nitrogens is 1. The van der Waals surface area contributed by atoms with Crippen molar-refractivity contribution in [2.75, 3.05) is 13.1 Å². The maximum Gasteiger partial charge on any atom is 0.252 e. The molecular weight excluding hydrogens is 170 g/mol. The maximum atomic E-state index is 11.0. The standard InChI is InChI=1S/C8H9N3O2/c12-5-3-6(11-7(13)4-5)8-9-1-2-10-8/h3-4H,1-2H2,(H,9,10)(H2,11,12,13). The summed E-state index contributed by atoms with van der Waals surface area (Å²) in [6, 6.07) is 2.59. The Morgan fingerprint density at radius 3 is 2.92 bits per heavy atom. The lowest BCUT2D eigenvalue weighted by molar-refractivity contribution is 0.473. The molecule has 3 N–H and O–H groups in total. The van der Waals surface area contributed by atoms with Crippen molar-refractivity contribution < 1.29 is 5.11 Å². The van der Waals surface area contributed by atoms with Gasteiger partial charge in [-0.3, -0.25) is 9.79 Å². The molecule has 0 aliphatic carbocycles. The van der Waals surface area contributed by atoms with Gasteiger partial charge in [0.2, 0.25) is 0 Å². The lowest BCUT2D eigenvalue weighted by Gasteiger charge is -2.01. The van der Waals surface area contributed by atoms with E-state index < -0.39 is 0 Å². The highest BCUT2D eigenvalue weighted by molar-refractivity contribution is 5.98. The number of amidine groups is 1. The van der Waals surface area contributed by atoms with Crippen LogP contribution in [-0.2, 0) is 0 Å². The van der Waals surface area contributed by atoms with Crippen molar-refractivity contribution in [1.82, 2.24) is 10.3 Å². The zero-order valence-corrected chi connectivity index (χ0v) is 6.87. The largest absolute Gasteiger partial charge is 0.508 e. The Morgan fingerprint density at radius 2 is 2.31 bits per heavy atom. The number of aromatic nitrogens is 1. The summed E-state index contributed by atoms with van der Waals surface area (Å²) in [4.78, 5) is 17.7. The number of rotatable bonds is 1. The topological polar surface area (TPSA) is 77.5 Å². The van der Waals surface area contributed by atoms with Crippen LogP contribution in [0.5, 0.6) is 5.75 Å². The Morgan fingerprint density at radius 1 is 1.46 bits per heavy atom. The van der Waals surface area contributed by atoms with Gasteiger partial charge in [-0.2, -0.15) is 0 Å². The van der Waals surface area contributed by atoms with Crippen molar-refractivity contribution in [2.24, 2.45) is 4.99 Å². The van der Waals surface area contributed by atoms with Gasteiger partial charge in [-0.15, -0.1) is 0 Å². The van der Waals surface area contributed by atoms with Crippen molar-refractivity contribution in [1.29, 1.82) is 0 Å². The van der Waals surface area contributed by atoms with Crippen LogP contribution in [-0.4, -0.2) is 29.0 Å². The molecule has 1 aliphatic heterocycles. The number of pyridine rings is 1. The lowest BCUT2D eigenvalue weighted by atomic mass is 10.3. The molecule has 68 valence electrons. The number of aromatic hydroxyl groups is 1. The molecule has 0 amide bonds. The first-order chi connectivity index (χ1) is 6.25. The van der Waals surface area contributed by atoms with Gasteiger partial charge in [0.25, 0.3) is 5.56 Å². The van der Waals surface area contributed by atoms with Gasteiger partial charge in [-0.1, -0.05) is 0 Å². The lowest BCUT2D eigenvalue weighted by Crippen LogP contribution is -2.23. The molecule has 5 heteroatoms. The zero-order valence-electron chi connectivity index (χ0n) is 6.87. The second kappa shape index (κ2) is 2.93. The fraction of sp³-hybridized carbons (Fsp3) is 0.250. The van der Waals surface area contributed by atoms with Crippen molar-refractivity contribution in [3.63, 3.8) is 0 Å². The minimum atomic E-state index is -0.327. The van der Waals surface area contributed by atoms with E-state index >= 15 is 0 Å². The molecule has 0 radical (unpaired) electrons. The van der Waals surface area contributed by atoms with Crippen LogP contribution in [0.25, 0.3) is 0 Å². The van der Waals surface area contributed by atoms with E-state index in [4.69, 9.17) is 5.11 Å². The first kappa shape index (κ1) is 7.85. The van der Waals surface area contributed by atoms with Crippen molar-refractivity contribution >= 4 is 5.84 Å². The molecule has 1 aromatic heterocycles. The van der Waals surface area contributed by atoms with Crippen molar-refractivity contribution in [3.05, 3.63) is 28.2 Å². The third kappa shape index (κ3) is 1.53. The molecule has 2 heterocycles. The van der Waals surface area contributed by atoms with Crippen LogP contribution in [0.4, 0.5) is 0 Å². The normalized spacial score (nSPS) is 15.2. The van der Waals surface area contributed by atoms with Crippen LogP contribution in [0, 0.1) is 0 Å². The highest BCUT2D eigenvalue weighted by Gasteiger charge is 2.09. The van der Waals surface area contributed by atoms with Crippen LogP contribution < -0.4 is 10.9 Å². The number of aliphatic imine (C=N–C) groups is 1. The Hall–Kier alpha value is -1.78. The highest BCUT2D eigenvalue weighted by Crippen LogP contribution is 2.06. The van der Waals surface area contributed by atoms with E-state index in [1.807, 2.05) is 0 Å². The van der Waals surface area contributed by atoms with E-state index in [1.54, 1.807) is 0 Å². The Labute approximate surface area is 74.1 Å². The molecule has 2 rings (SSSR count). The van der Waals surface area contributed by atoms with Gasteiger partial charge in [-0.25, -0.2) is 0 Å². The van der Waals surface area contributed by atoms with Gasteiger partial charge in [0, 0.05) is 18.7 Å². The van der Waals surface area contributed by atoms with E-state index in [0.717, 1.165) is 12.6 Å². The predicted octanol–water partition coefficient (Wildman–Crippen LogP) is -0.570. The third-order valence-electron chi connectivity index (χ3n) is 1.76. The number of hydrogen-bond donors (Lipinski definition) is 3. The minimum Gasteiger partial charge on any atom is -0.508 e. The fourth-order valence-electron chi connectivity index (χ4n) is 1.23. The van der Waals surface area contributed by atoms with E-state index in [2.05, 4.69) is 15.3 Å². The van der Waals surface area contributed by atoms with Gasteiger partial charge in [0.05, 0.1) is 12.2 Å². The average molecular weight is 179 g/mol. The van der Waals surface area contributed by atoms with Gasteiger partial charge >= 0.3 is 0 Å². The van der Waals surface area contributed by atoms with Crippen LogP contribution in [0.2, 0.25) is 0 Å². The summed E-state index contributed by atoms with van der Waals surface area (Å²) < 4.78 is 0. The third-order valence-corrected chi connectivity index (χ3v) is 1.76. The van der Waals surface area contributed by atoms with E-state index in [9.17, 15) is 4.79 Å². The van der Waals surface area contributed by atoms with E-state index in [0.29, 0.717) is 18.1 Å². The smallest absolute Gasteiger partial charge is 0.252 e. The molecule has 0 unspecified atom stereocenters. The van der Waals surface area contributed by atoms with E-state index in [-0.39, 0.29) is 11.3 Å². The molecule has 0 saturated heterocycles. The van der Waals surface area contributed by atoms with Crippen molar-refractivity contribution in [3.8, 4) is 5.75 Å². The molecule has 0 aromatic carbocycles. The zero-order chi connectivity index (χ0) is 9.26. The monoisotopic (exact) mass is 179 g/mol. The van der Waals surface area contributed by atoms with Crippen LogP contribution in [0.1, 0.15) is 5.69 Å². The summed E-state index contributed by atoms with van der Waals surface area (Å²) in [6.45, 7) is 1.47. The second-order valence-electron chi connectivity index (χ2n) is 2.77. The molecule has 0 saturated carbocycles. The number of nitrogens with one attached hydrogen (secondary N) is 2. The summed E-state index contributed by atoms with van der Waals surface area (Å²) in [5.74, 6) is 0.586. The van der Waals surface area contributed by atoms with Crippen LogP contribution >= 0.6 is 0 Å². The summed E-state index contributed by atoms with van der Waals surface area (Å²) in [7, 11) is 0. The highest BCUT2D eigenvalue weighted by atomic mass is 16.3. The van der Waals surface area contributed by atoms with Gasteiger partial charge < -0.3 is 15.4 Å². The second-order valence-corrected chi connectivity index (χ2v) is 2.77. The quantitative estimate of drug-likeness (QED) is 0.540. The fourth-order valence-corrected chi connectivity index (χ4v) is 1.23. The Bertz CT molecular complexity index is 408. The summed E-state index contributed by atoms with van der Waals surface area (Å²) in [6.07, 6.45) is 0. The maximum absolute atomic E-state index is 11.0. The summed E-state index contributed by atoms with van der Waals surface area (Å²) in [5.41, 5.74) is 0.203. The van der Waals surface area contributed by atoms with Gasteiger partial charge in [-0.05, 0) is 0 Å². The SMILES string of the molecule is O=c1cc(O)cc(C2=NCCN2)[nH]1. The predicted molar refractivity (Wildman–Crippen MR) is 48.1 cm³/mol. The molecular formula is C8H9N3O2. The number of nitrogens with zero attached hydrogens (tertiary/aromatic N) is 1. The van der Waals surface area contributed by atoms with Gasteiger partial charge in [0.1, 0.15) is 11.6 Å². The molecule has 0 spiro atoms. The average Bonchev–Trinajstić information content (AvgIpc) is 2.53. The molecule has 0 atom stereocenters. The molecule has 1 aromatic rings. The summed E-state index contributed by atoms with van der Waals surface area (Å²) in [5, 5.41) is 12.1. The molecule has 1 aliphatic rings. The Kier molecular flexibility index (Phi) is 1.77. The molecule has 5 nitrogen and oxygen atoms in total. The summed E-state index contributed by atoms with van der Waals surface area (Å²) >= 11 is 0. The Balaban J connectivity index is 2.45. The molecule has 0 fully saturated rings. The van der Waals surface area contributed by atoms with E-state index in [1.165, 1.54) is 6.07 Å². The van der Waals surface area contributed by atoms with Crippen LogP contribution in [0.3, 0.4) is 0 Å². The first-order valence-corrected chi connectivity index (χ1v) is 3.98. The van der Waals surface area contributed by atoms with Crippen LogP contribution in [0.15, 0.2) is 21.9 Å². The molecule has 0 bridgehead atoms. The van der Waals surface area contributed by atoms with Gasteiger partial charge in [0.15, 0.2) is 0 Å². The molecule has 13 heavy (non-hydrogen) atoms. The number of aromatic amines is 1. The van der Waals surface area contributed by atoms with Crippen molar-refractivity contribution in [2.45, 2.75) is 0 Å². The number of hydrogen-bond acceptors (Lipinski definition) is 4. The minimum absolute atomic E-state index is 0.0462.